The Labute approximate surface area is 133 Å². The summed E-state index contributed by atoms with van der Waals surface area (Å²) >= 11 is 0. The van der Waals surface area contributed by atoms with Crippen molar-refractivity contribution in [1.82, 2.24) is 0 Å². The molecule has 0 spiro atoms. The Balaban J connectivity index is 2.68. The van der Waals surface area contributed by atoms with Gasteiger partial charge in [-0.15, -0.1) is 0 Å². The van der Waals surface area contributed by atoms with E-state index < -0.39 is 11.7 Å². The Morgan fingerprint density at radius 1 is 1.00 bits per heavy atom. The van der Waals surface area contributed by atoms with E-state index in [1.807, 2.05) is 12.2 Å². The molecule has 0 aromatic carbocycles. The highest BCUT2D eigenvalue weighted by Gasteiger charge is 2.19. The zero-order valence-corrected chi connectivity index (χ0v) is 13.7. The van der Waals surface area contributed by atoms with Gasteiger partial charge in [-0.2, -0.15) is 0 Å². The highest BCUT2D eigenvalue weighted by molar-refractivity contribution is 5.47. The summed E-state index contributed by atoms with van der Waals surface area (Å²) < 4.78 is 26.0. The van der Waals surface area contributed by atoms with Crippen LogP contribution in [-0.2, 0) is 0 Å². The minimum atomic E-state index is -1.07. The molecule has 0 nitrogen and oxygen atoms in total. The van der Waals surface area contributed by atoms with Crippen molar-refractivity contribution >= 4 is 0 Å². The lowest BCUT2D eigenvalue weighted by Crippen LogP contribution is -2.13. The maximum atomic E-state index is 13.3. The van der Waals surface area contributed by atoms with Gasteiger partial charge in [0.15, 0.2) is 11.7 Å². The predicted octanol–water partition coefficient (Wildman–Crippen LogP) is 6.76. The maximum absolute atomic E-state index is 13.3. The molecule has 1 rings (SSSR count). The largest absolute Gasteiger partial charge is 0.204 e. The van der Waals surface area contributed by atoms with E-state index in [9.17, 15) is 8.78 Å². The molecule has 0 unspecified atom stereocenters. The summed E-state index contributed by atoms with van der Waals surface area (Å²) in [6.45, 7) is 15.0. The molecule has 0 heterocycles. The van der Waals surface area contributed by atoms with Gasteiger partial charge in [-0.05, 0) is 48.8 Å². The molecule has 0 aromatic heterocycles. The first-order valence-corrected chi connectivity index (χ1v) is 7.79. The van der Waals surface area contributed by atoms with Crippen LogP contribution in [0.1, 0.15) is 39.5 Å². The van der Waals surface area contributed by atoms with E-state index >= 15 is 0 Å². The Morgan fingerprint density at radius 3 is 2.09 bits per heavy atom. The number of hydrogen-bond donors (Lipinski definition) is 0. The monoisotopic (exact) mass is 304 g/mol. The van der Waals surface area contributed by atoms with Crippen molar-refractivity contribution in [3.05, 3.63) is 72.4 Å². The Kier molecular flexibility index (Phi) is 7.23. The highest BCUT2D eigenvalue weighted by Crippen LogP contribution is 2.33. The van der Waals surface area contributed by atoms with Crippen LogP contribution in [0.4, 0.5) is 8.78 Å². The number of allylic oxidation sites excluding steroid dienone is 9. The molecule has 0 N–H and O–H groups in total. The summed E-state index contributed by atoms with van der Waals surface area (Å²) in [6, 6.07) is 0. The van der Waals surface area contributed by atoms with Crippen LogP contribution in [0.15, 0.2) is 72.4 Å². The maximum Gasteiger partial charge on any atom is 0.158 e. The first-order chi connectivity index (χ1) is 10.3. The standard InChI is InChI=1S/C20H26F2/c1-6-18(13-20(22)17(5)21)15(3)9-10-16(4)19-11-7-14(2)8-12-19/h6,9-10,13-14,19H,3-5,7-8,11-12H2,1-2H3/b10-9-,18-6+,20-13+. The van der Waals surface area contributed by atoms with Gasteiger partial charge in [0, 0.05) is 0 Å². The van der Waals surface area contributed by atoms with Crippen LogP contribution in [0.25, 0.3) is 0 Å². The normalized spacial score (nSPS) is 23.6. The number of halogens is 2. The second-order valence-corrected chi connectivity index (χ2v) is 6.03. The third kappa shape index (κ3) is 5.59. The molecular weight excluding hydrogens is 278 g/mol. The topological polar surface area (TPSA) is 0 Å². The Bertz CT molecular complexity index is 524. The SMILES string of the molecule is C=C(F)/C(F)=C\C(=C/C)C(=C)/C=C\C(=C)C1CCC(C)CC1. The number of hydrogen-bond acceptors (Lipinski definition) is 0. The van der Waals surface area contributed by atoms with Crippen LogP contribution in [-0.4, -0.2) is 0 Å². The molecule has 0 amide bonds. The van der Waals surface area contributed by atoms with E-state index in [0.717, 1.165) is 17.6 Å². The Hall–Kier alpha value is -1.70. The summed E-state index contributed by atoms with van der Waals surface area (Å²) in [4.78, 5) is 0. The fraction of sp³-hybridized carbons (Fsp3) is 0.400. The second-order valence-electron chi connectivity index (χ2n) is 6.03. The van der Waals surface area contributed by atoms with E-state index in [-0.39, 0.29) is 0 Å². The first kappa shape index (κ1) is 18.3. The van der Waals surface area contributed by atoms with Crippen LogP contribution in [0.5, 0.6) is 0 Å². The average molecular weight is 304 g/mol. The van der Waals surface area contributed by atoms with Crippen LogP contribution in [0, 0.1) is 11.8 Å². The molecule has 0 atom stereocenters. The van der Waals surface area contributed by atoms with Crippen molar-refractivity contribution in [3.8, 4) is 0 Å². The fourth-order valence-corrected chi connectivity index (χ4v) is 2.65. The molecule has 1 fully saturated rings. The van der Waals surface area contributed by atoms with Crippen molar-refractivity contribution in [2.24, 2.45) is 11.8 Å². The predicted molar refractivity (Wildman–Crippen MR) is 91.7 cm³/mol. The van der Waals surface area contributed by atoms with Gasteiger partial charge in [0.25, 0.3) is 0 Å². The van der Waals surface area contributed by atoms with Gasteiger partial charge in [-0.3, -0.25) is 0 Å². The van der Waals surface area contributed by atoms with E-state index in [1.54, 1.807) is 13.0 Å². The summed E-state index contributed by atoms with van der Waals surface area (Å²) in [5, 5.41) is 0. The first-order valence-electron chi connectivity index (χ1n) is 7.79. The molecule has 0 aliphatic heterocycles. The van der Waals surface area contributed by atoms with Crippen LogP contribution < -0.4 is 0 Å². The molecule has 0 saturated heterocycles. The average Bonchev–Trinajstić information content (AvgIpc) is 2.50. The summed E-state index contributed by atoms with van der Waals surface area (Å²) in [5.41, 5.74) is 2.25. The fourth-order valence-electron chi connectivity index (χ4n) is 2.65. The molecule has 0 bridgehead atoms. The molecular formula is C20H26F2. The highest BCUT2D eigenvalue weighted by atomic mass is 19.2. The molecule has 22 heavy (non-hydrogen) atoms. The molecule has 1 aliphatic rings. The van der Waals surface area contributed by atoms with Crippen molar-refractivity contribution in [3.63, 3.8) is 0 Å². The Morgan fingerprint density at radius 2 is 1.59 bits per heavy atom. The third-order valence-electron chi connectivity index (χ3n) is 4.26. The second kappa shape index (κ2) is 8.67. The molecule has 0 aromatic rings. The van der Waals surface area contributed by atoms with Crippen LogP contribution in [0.2, 0.25) is 0 Å². The summed E-state index contributed by atoms with van der Waals surface area (Å²) in [7, 11) is 0. The molecule has 1 aliphatic carbocycles. The lowest BCUT2D eigenvalue weighted by molar-refractivity contribution is 0.324. The molecule has 2 heteroatoms. The van der Waals surface area contributed by atoms with Gasteiger partial charge in [0.2, 0.25) is 0 Å². The van der Waals surface area contributed by atoms with Crippen molar-refractivity contribution < 1.29 is 8.78 Å². The van der Waals surface area contributed by atoms with E-state index in [1.165, 1.54) is 25.7 Å². The van der Waals surface area contributed by atoms with Gasteiger partial charge in [-0.1, -0.05) is 63.3 Å². The van der Waals surface area contributed by atoms with Crippen LogP contribution in [0.3, 0.4) is 0 Å². The smallest absolute Gasteiger partial charge is 0.158 e. The minimum Gasteiger partial charge on any atom is -0.204 e. The minimum absolute atomic E-state index is 0.521. The van der Waals surface area contributed by atoms with Gasteiger partial charge < -0.3 is 0 Å². The third-order valence-corrected chi connectivity index (χ3v) is 4.26. The zero-order chi connectivity index (χ0) is 16.7. The van der Waals surface area contributed by atoms with Gasteiger partial charge in [-0.25, -0.2) is 8.78 Å². The molecule has 1 saturated carbocycles. The lowest BCUT2D eigenvalue weighted by Gasteiger charge is -2.26. The van der Waals surface area contributed by atoms with Crippen LogP contribution >= 0.6 is 0 Å². The van der Waals surface area contributed by atoms with Crippen molar-refractivity contribution in [2.75, 3.05) is 0 Å². The van der Waals surface area contributed by atoms with E-state index in [2.05, 4.69) is 26.7 Å². The summed E-state index contributed by atoms with van der Waals surface area (Å²) in [5.74, 6) is -0.716. The quantitative estimate of drug-likeness (QED) is 0.475. The van der Waals surface area contributed by atoms with Gasteiger partial charge >= 0.3 is 0 Å². The lowest BCUT2D eigenvalue weighted by atomic mass is 9.79. The van der Waals surface area contributed by atoms with Crippen molar-refractivity contribution in [1.29, 1.82) is 0 Å². The van der Waals surface area contributed by atoms with E-state index in [4.69, 9.17) is 0 Å². The number of rotatable bonds is 6. The van der Waals surface area contributed by atoms with Gasteiger partial charge in [0.1, 0.15) is 0 Å². The van der Waals surface area contributed by atoms with Gasteiger partial charge in [0.05, 0.1) is 0 Å². The zero-order valence-electron chi connectivity index (χ0n) is 13.7. The van der Waals surface area contributed by atoms with Crippen molar-refractivity contribution in [2.45, 2.75) is 39.5 Å². The molecule has 120 valence electrons. The van der Waals surface area contributed by atoms with E-state index in [0.29, 0.717) is 17.1 Å². The summed E-state index contributed by atoms with van der Waals surface area (Å²) in [6.07, 6.45) is 11.4. The molecule has 0 radical (unpaired) electrons.